The molecule has 0 radical (unpaired) electrons. The largest absolute Gasteiger partial charge is 0.381 e. The summed E-state index contributed by atoms with van der Waals surface area (Å²) in [6.07, 6.45) is 10.1. The molecule has 1 saturated heterocycles. The summed E-state index contributed by atoms with van der Waals surface area (Å²) in [5.41, 5.74) is 0. The first-order valence-corrected chi connectivity index (χ1v) is 11.6. The number of nitrogens with zero attached hydrogens (tertiary/aromatic N) is 1. The minimum atomic E-state index is 0.898. The topological polar surface area (TPSA) is 21.7 Å². The van der Waals surface area contributed by atoms with E-state index in [-0.39, 0.29) is 0 Å². The van der Waals surface area contributed by atoms with E-state index in [0.29, 0.717) is 0 Å². The normalized spacial score (nSPS) is 17.0. The van der Waals surface area contributed by atoms with Gasteiger partial charge in [0.05, 0.1) is 6.61 Å². The van der Waals surface area contributed by atoms with E-state index >= 15 is 0 Å². The molecule has 0 bridgehead atoms. The van der Waals surface area contributed by atoms with Crippen LogP contribution in [0.15, 0.2) is 0 Å². The number of halogens is 2. The minimum absolute atomic E-state index is 0.898. The molecule has 0 aromatic heterocycles. The maximum atomic E-state index is 5.70. The third-order valence-electron chi connectivity index (χ3n) is 4.50. The Bertz CT molecular complexity index is 249. The Labute approximate surface area is 160 Å². The molecule has 0 unspecified atom stereocenters. The third kappa shape index (κ3) is 12.8. The average Bonchev–Trinajstić information content (AvgIpc) is 2.58. The average molecular weight is 457 g/mol. The number of hydrogen-bond acceptors (Lipinski definition) is 3. The van der Waals surface area contributed by atoms with Crippen molar-refractivity contribution in [3.8, 4) is 0 Å². The maximum absolute atomic E-state index is 5.70. The fourth-order valence-corrected chi connectivity index (χ4v) is 3.76. The minimum Gasteiger partial charge on any atom is -0.381 e. The second-order valence-electron chi connectivity index (χ2n) is 6.44. The highest BCUT2D eigenvalue weighted by Crippen LogP contribution is 2.21. The van der Waals surface area contributed by atoms with Gasteiger partial charge in [0.2, 0.25) is 0 Å². The monoisotopic (exact) mass is 455 g/mol. The van der Waals surface area contributed by atoms with Crippen molar-refractivity contribution >= 4 is 31.9 Å². The van der Waals surface area contributed by atoms with Crippen molar-refractivity contribution in [2.45, 2.75) is 51.4 Å². The molecule has 0 spiro atoms. The van der Waals surface area contributed by atoms with Gasteiger partial charge < -0.3 is 14.4 Å². The Morgan fingerprint density at radius 2 is 1.30 bits per heavy atom. The molecule has 0 atom stereocenters. The van der Waals surface area contributed by atoms with E-state index in [1.807, 2.05) is 0 Å². The lowest BCUT2D eigenvalue weighted by atomic mass is 9.92. The Morgan fingerprint density at radius 3 is 1.91 bits per heavy atom. The fraction of sp³-hybridized carbons (Fsp3) is 1.00. The van der Waals surface area contributed by atoms with Crippen molar-refractivity contribution in [2.24, 2.45) is 5.92 Å². The Balaban J connectivity index is 1.87. The summed E-state index contributed by atoms with van der Waals surface area (Å²) in [7, 11) is 0. The molecule has 5 heteroatoms. The molecule has 1 aliphatic rings. The predicted octanol–water partition coefficient (Wildman–Crippen LogP) is 4.86. The van der Waals surface area contributed by atoms with Crippen molar-refractivity contribution in [3.63, 3.8) is 0 Å². The third-order valence-corrected chi connectivity index (χ3v) is 5.63. The highest BCUT2D eigenvalue weighted by molar-refractivity contribution is 9.09. The van der Waals surface area contributed by atoms with E-state index in [4.69, 9.17) is 9.47 Å². The van der Waals surface area contributed by atoms with Crippen molar-refractivity contribution in [1.29, 1.82) is 0 Å². The van der Waals surface area contributed by atoms with Crippen molar-refractivity contribution in [2.75, 3.05) is 56.7 Å². The van der Waals surface area contributed by atoms with Crippen molar-refractivity contribution < 1.29 is 9.47 Å². The zero-order valence-corrected chi connectivity index (χ0v) is 17.8. The van der Waals surface area contributed by atoms with Crippen LogP contribution in [0.5, 0.6) is 0 Å². The summed E-state index contributed by atoms with van der Waals surface area (Å²) < 4.78 is 11.4. The Hall–Kier alpha value is 0.840. The van der Waals surface area contributed by atoms with E-state index < -0.39 is 0 Å². The van der Waals surface area contributed by atoms with Gasteiger partial charge in [0.25, 0.3) is 0 Å². The molecule has 138 valence electrons. The maximum Gasteiger partial charge on any atom is 0.0593 e. The Kier molecular flexibility index (Phi) is 15.5. The molecule has 23 heavy (non-hydrogen) atoms. The zero-order valence-electron chi connectivity index (χ0n) is 14.6. The van der Waals surface area contributed by atoms with Gasteiger partial charge in [0, 0.05) is 37.0 Å². The van der Waals surface area contributed by atoms with E-state index in [1.165, 1.54) is 64.5 Å². The number of rotatable bonds is 15. The molecule has 0 saturated carbocycles. The highest BCUT2D eigenvalue weighted by atomic mass is 79.9. The number of piperidine rings is 1. The lowest BCUT2D eigenvalue weighted by Gasteiger charge is -2.31. The summed E-state index contributed by atoms with van der Waals surface area (Å²) in [6, 6.07) is 0. The zero-order chi connectivity index (χ0) is 16.6. The van der Waals surface area contributed by atoms with Crippen LogP contribution in [0.2, 0.25) is 0 Å². The van der Waals surface area contributed by atoms with Crippen LogP contribution in [0.1, 0.15) is 51.4 Å². The first-order chi connectivity index (χ1) is 11.4. The molecular weight excluding hydrogens is 422 g/mol. The Morgan fingerprint density at radius 1 is 0.739 bits per heavy atom. The first-order valence-electron chi connectivity index (χ1n) is 9.36. The van der Waals surface area contributed by atoms with Crippen molar-refractivity contribution in [1.82, 2.24) is 4.90 Å². The quantitative estimate of drug-likeness (QED) is 0.259. The summed E-state index contributed by atoms with van der Waals surface area (Å²) in [5, 5.41) is 2.18. The second-order valence-corrected chi connectivity index (χ2v) is 8.03. The van der Waals surface area contributed by atoms with Gasteiger partial charge in [-0.15, -0.1) is 0 Å². The van der Waals surface area contributed by atoms with Crippen LogP contribution in [0.3, 0.4) is 0 Å². The van der Waals surface area contributed by atoms with E-state index in [9.17, 15) is 0 Å². The van der Waals surface area contributed by atoms with Crippen molar-refractivity contribution in [3.05, 3.63) is 0 Å². The number of ether oxygens (including phenoxy) is 2. The molecule has 3 nitrogen and oxygen atoms in total. The summed E-state index contributed by atoms with van der Waals surface area (Å²) >= 11 is 6.90. The number of unbranched alkanes of at least 4 members (excludes halogenated alkanes) is 2. The molecule has 0 N–H and O–H groups in total. The molecule has 0 aromatic carbocycles. The van der Waals surface area contributed by atoms with Crippen LogP contribution in [-0.2, 0) is 9.47 Å². The van der Waals surface area contributed by atoms with Gasteiger partial charge >= 0.3 is 0 Å². The van der Waals surface area contributed by atoms with Crippen LogP contribution < -0.4 is 0 Å². The number of hydrogen-bond donors (Lipinski definition) is 0. The van der Waals surface area contributed by atoms with Crippen LogP contribution in [0.4, 0.5) is 0 Å². The van der Waals surface area contributed by atoms with Gasteiger partial charge in [-0.2, -0.15) is 0 Å². The summed E-state index contributed by atoms with van der Waals surface area (Å²) in [4.78, 5) is 2.57. The smallest absolute Gasteiger partial charge is 0.0593 e. The molecule has 1 heterocycles. The molecular formula is C18H35Br2NO2. The number of likely N-dealkylation sites (tertiary alicyclic amines) is 1. The highest BCUT2D eigenvalue weighted by Gasteiger charge is 2.18. The van der Waals surface area contributed by atoms with Gasteiger partial charge in [0.15, 0.2) is 0 Å². The number of alkyl halides is 2. The summed E-state index contributed by atoms with van der Waals surface area (Å²) in [6.45, 7) is 7.30. The molecule has 1 aliphatic heterocycles. The van der Waals surface area contributed by atoms with Gasteiger partial charge in [0.1, 0.15) is 0 Å². The van der Waals surface area contributed by atoms with Gasteiger partial charge in [-0.3, -0.25) is 0 Å². The van der Waals surface area contributed by atoms with Crippen LogP contribution >= 0.6 is 31.9 Å². The molecule has 1 fully saturated rings. The molecule has 0 aromatic rings. The SMILES string of the molecule is BrCCCCOCCCC1CCN(CCOCCCCBr)CC1. The lowest BCUT2D eigenvalue weighted by molar-refractivity contribution is 0.0826. The lowest BCUT2D eigenvalue weighted by Crippen LogP contribution is -2.36. The second kappa shape index (κ2) is 16.3. The van der Waals surface area contributed by atoms with Crippen LogP contribution in [0, 0.1) is 5.92 Å². The first kappa shape index (κ1) is 21.9. The van der Waals surface area contributed by atoms with Gasteiger partial charge in [-0.25, -0.2) is 0 Å². The van der Waals surface area contributed by atoms with Gasteiger partial charge in [-0.05, 0) is 70.4 Å². The molecule has 1 rings (SSSR count). The predicted molar refractivity (Wildman–Crippen MR) is 106 cm³/mol. The summed E-state index contributed by atoms with van der Waals surface area (Å²) in [5.74, 6) is 0.914. The van der Waals surface area contributed by atoms with Gasteiger partial charge in [-0.1, -0.05) is 31.9 Å². The van der Waals surface area contributed by atoms with E-state index in [0.717, 1.165) is 49.6 Å². The molecule has 0 amide bonds. The van der Waals surface area contributed by atoms with Crippen LogP contribution in [-0.4, -0.2) is 61.6 Å². The van der Waals surface area contributed by atoms with Crippen LogP contribution in [0.25, 0.3) is 0 Å². The van der Waals surface area contributed by atoms with E-state index in [1.54, 1.807) is 0 Å². The standard InChI is InChI=1S/C18H35Br2NO2/c19-9-1-3-14-22-16-5-6-18-7-11-21(12-8-18)13-17-23-15-4-2-10-20/h18H,1-17H2. The van der Waals surface area contributed by atoms with E-state index in [2.05, 4.69) is 36.8 Å². The fourth-order valence-electron chi connectivity index (χ4n) is 2.97. The molecule has 0 aliphatic carbocycles.